The van der Waals surface area contributed by atoms with Crippen LogP contribution in [0.15, 0.2) is 42.5 Å². The maximum atomic E-state index is 5.66. The molecule has 0 spiro atoms. The molecule has 15 heavy (non-hydrogen) atoms. The van der Waals surface area contributed by atoms with Crippen molar-refractivity contribution in [2.75, 3.05) is 11.5 Å². The van der Waals surface area contributed by atoms with E-state index in [4.69, 9.17) is 16.2 Å². The predicted octanol–water partition coefficient (Wildman–Crippen LogP) is 2.44. The summed E-state index contributed by atoms with van der Waals surface area (Å²) in [6.07, 6.45) is 0. The van der Waals surface area contributed by atoms with Gasteiger partial charge in [0.05, 0.1) is 11.4 Å². The third-order valence-corrected chi connectivity index (χ3v) is 1.98. The molecule has 0 bridgehead atoms. The van der Waals surface area contributed by atoms with Crippen LogP contribution in [0.2, 0.25) is 0 Å². The highest BCUT2D eigenvalue weighted by atomic mass is 16.5. The van der Waals surface area contributed by atoms with E-state index >= 15 is 0 Å². The van der Waals surface area contributed by atoms with Crippen LogP contribution < -0.4 is 16.2 Å². The van der Waals surface area contributed by atoms with Gasteiger partial charge in [0, 0.05) is 6.07 Å². The van der Waals surface area contributed by atoms with E-state index < -0.39 is 0 Å². The van der Waals surface area contributed by atoms with E-state index in [9.17, 15) is 0 Å². The number of anilines is 2. The van der Waals surface area contributed by atoms with Crippen LogP contribution in [-0.4, -0.2) is 0 Å². The Morgan fingerprint density at radius 3 is 2.27 bits per heavy atom. The monoisotopic (exact) mass is 199 g/mol. The zero-order chi connectivity index (χ0) is 10.7. The van der Waals surface area contributed by atoms with Gasteiger partial charge >= 0.3 is 0 Å². The zero-order valence-corrected chi connectivity index (χ0v) is 8.10. The minimum Gasteiger partial charge on any atom is -0.457 e. The summed E-state index contributed by atoms with van der Waals surface area (Å²) in [5.74, 6) is 1.42. The second-order valence-corrected chi connectivity index (χ2v) is 3.13. The molecule has 3 heteroatoms. The quantitative estimate of drug-likeness (QED) is 0.730. The molecule has 1 radical (unpaired) electrons. The highest BCUT2D eigenvalue weighted by molar-refractivity contribution is 5.65. The van der Waals surface area contributed by atoms with Crippen molar-refractivity contribution < 1.29 is 4.74 Å². The molecule has 3 nitrogen and oxygen atoms in total. The first-order valence-corrected chi connectivity index (χ1v) is 4.54. The molecule has 2 aromatic rings. The number of hydrogen-bond acceptors (Lipinski definition) is 3. The Balaban J connectivity index is 2.22. The third-order valence-electron chi connectivity index (χ3n) is 1.98. The smallest absolute Gasteiger partial charge is 0.129 e. The van der Waals surface area contributed by atoms with Gasteiger partial charge in [-0.15, -0.1) is 0 Å². The van der Waals surface area contributed by atoms with Gasteiger partial charge in [0.15, 0.2) is 0 Å². The van der Waals surface area contributed by atoms with E-state index in [1.165, 1.54) is 0 Å². The molecule has 4 N–H and O–H groups in total. The maximum Gasteiger partial charge on any atom is 0.129 e. The van der Waals surface area contributed by atoms with Gasteiger partial charge in [0.2, 0.25) is 0 Å². The van der Waals surface area contributed by atoms with Crippen LogP contribution in [-0.2, 0) is 0 Å². The fourth-order valence-electron chi connectivity index (χ4n) is 1.19. The van der Waals surface area contributed by atoms with Crippen molar-refractivity contribution in [1.82, 2.24) is 0 Å². The van der Waals surface area contributed by atoms with Crippen LogP contribution in [0.25, 0.3) is 0 Å². The second-order valence-electron chi connectivity index (χ2n) is 3.13. The van der Waals surface area contributed by atoms with E-state index in [1.54, 1.807) is 30.3 Å². The van der Waals surface area contributed by atoms with Crippen LogP contribution in [0, 0.1) is 6.07 Å². The number of benzene rings is 2. The fraction of sp³-hybridized carbons (Fsp3) is 0. The first kappa shape index (κ1) is 9.40. The highest BCUT2D eigenvalue weighted by Crippen LogP contribution is 2.25. The molecule has 2 aromatic carbocycles. The standard InChI is InChI=1S/C12H11N2O/c13-11-7-6-10(8-12(11)14)15-9-4-2-1-3-5-9/h2-8H,13-14H2. The van der Waals surface area contributed by atoms with Crippen molar-refractivity contribution in [2.24, 2.45) is 0 Å². The van der Waals surface area contributed by atoms with Gasteiger partial charge in [-0.05, 0) is 30.3 Å². The summed E-state index contributed by atoms with van der Waals surface area (Å²) in [6, 6.07) is 15.3. The van der Waals surface area contributed by atoms with Crippen molar-refractivity contribution >= 4 is 11.4 Å². The lowest BCUT2D eigenvalue weighted by atomic mass is 10.2. The summed E-state index contributed by atoms with van der Waals surface area (Å²) in [5.41, 5.74) is 12.3. The normalized spacial score (nSPS) is 9.87. The number of nitrogen functional groups attached to an aromatic ring is 2. The van der Waals surface area contributed by atoms with Crippen LogP contribution in [0.3, 0.4) is 0 Å². The minimum absolute atomic E-state index is 0.523. The van der Waals surface area contributed by atoms with Crippen LogP contribution in [0.4, 0.5) is 11.4 Å². The Labute approximate surface area is 88.3 Å². The average molecular weight is 199 g/mol. The van der Waals surface area contributed by atoms with Crippen LogP contribution in [0.5, 0.6) is 11.5 Å². The maximum absolute atomic E-state index is 5.66. The first-order valence-electron chi connectivity index (χ1n) is 4.54. The first-order chi connectivity index (χ1) is 7.25. The topological polar surface area (TPSA) is 61.3 Å². The van der Waals surface area contributed by atoms with Crippen molar-refractivity contribution in [3.63, 3.8) is 0 Å². The molecule has 75 valence electrons. The SMILES string of the molecule is Nc1ccc(Oc2cc[c]cc2)cc1N. The van der Waals surface area contributed by atoms with Gasteiger partial charge in [-0.2, -0.15) is 0 Å². The Morgan fingerprint density at radius 1 is 0.867 bits per heavy atom. The van der Waals surface area contributed by atoms with Gasteiger partial charge in [0.25, 0.3) is 0 Å². The Morgan fingerprint density at radius 2 is 1.60 bits per heavy atom. The van der Waals surface area contributed by atoms with E-state index in [-0.39, 0.29) is 0 Å². The summed E-state index contributed by atoms with van der Waals surface area (Å²) < 4.78 is 5.56. The van der Waals surface area contributed by atoms with Crippen molar-refractivity contribution in [3.8, 4) is 11.5 Å². The van der Waals surface area contributed by atoms with Gasteiger partial charge in [-0.1, -0.05) is 12.1 Å². The molecule has 0 unspecified atom stereocenters. The molecule has 0 fully saturated rings. The largest absolute Gasteiger partial charge is 0.457 e. The lowest BCUT2D eigenvalue weighted by molar-refractivity contribution is 0.483. The van der Waals surface area contributed by atoms with E-state index in [0.29, 0.717) is 17.1 Å². The second kappa shape index (κ2) is 3.92. The van der Waals surface area contributed by atoms with Gasteiger partial charge < -0.3 is 16.2 Å². The van der Waals surface area contributed by atoms with Crippen molar-refractivity contribution in [3.05, 3.63) is 48.5 Å². The summed E-state index contributed by atoms with van der Waals surface area (Å²) in [4.78, 5) is 0. The van der Waals surface area contributed by atoms with Gasteiger partial charge in [-0.25, -0.2) is 0 Å². The molecule has 0 atom stereocenters. The molecule has 0 aliphatic rings. The van der Waals surface area contributed by atoms with Crippen molar-refractivity contribution in [1.29, 1.82) is 0 Å². The Kier molecular flexibility index (Phi) is 2.46. The zero-order valence-electron chi connectivity index (χ0n) is 8.10. The molecule has 0 heterocycles. The van der Waals surface area contributed by atoms with Gasteiger partial charge in [0.1, 0.15) is 11.5 Å². The Hall–Kier alpha value is -2.16. The predicted molar refractivity (Wildman–Crippen MR) is 60.6 cm³/mol. The molecular weight excluding hydrogens is 188 g/mol. The highest BCUT2D eigenvalue weighted by Gasteiger charge is 1.99. The number of nitrogens with two attached hydrogens (primary N) is 2. The molecule has 0 aromatic heterocycles. The lowest BCUT2D eigenvalue weighted by Gasteiger charge is -2.07. The van der Waals surface area contributed by atoms with Crippen LogP contribution in [0.1, 0.15) is 0 Å². The molecule has 0 saturated heterocycles. The van der Waals surface area contributed by atoms with E-state index in [1.807, 2.05) is 12.1 Å². The van der Waals surface area contributed by atoms with E-state index in [0.717, 1.165) is 5.75 Å². The molecule has 0 aliphatic heterocycles. The third kappa shape index (κ3) is 2.20. The fourth-order valence-corrected chi connectivity index (χ4v) is 1.19. The summed E-state index contributed by atoms with van der Waals surface area (Å²) in [6.45, 7) is 0. The average Bonchev–Trinajstić information content (AvgIpc) is 2.25. The number of hydrogen-bond donors (Lipinski definition) is 2. The lowest BCUT2D eigenvalue weighted by Crippen LogP contribution is -1.94. The number of rotatable bonds is 2. The summed E-state index contributed by atoms with van der Waals surface area (Å²) in [7, 11) is 0. The van der Waals surface area contributed by atoms with E-state index in [2.05, 4.69) is 6.07 Å². The summed E-state index contributed by atoms with van der Waals surface area (Å²) in [5, 5.41) is 0. The van der Waals surface area contributed by atoms with Crippen molar-refractivity contribution in [2.45, 2.75) is 0 Å². The summed E-state index contributed by atoms with van der Waals surface area (Å²) >= 11 is 0. The number of ether oxygens (including phenoxy) is 1. The molecule has 0 aliphatic carbocycles. The Bertz CT molecular complexity index is 454. The molecule has 0 amide bonds. The molecule has 2 rings (SSSR count). The molecular formula is C12H11N2O. The minimum atomic E-state index is 0.523. The molecule has 0 saturated carbocycles. The van der Waals surface area contributed by atoms with Gasteiger partial charge in [-0.3, -0.25) is 0 Å². The van der Waals surface area contributed by atoms with Crippen LogP contribution >= 0.6 is 0 Å².